The van der Waals surface area contributed by atoms with Gasteiger partial charge >= 0.3 is 0 Å². The highest BCUT2D eigenvalue weighted by molar-refractivity contribution is 5.84. The fourth-order valence-electron chi connectivity index (χ4n) is 2.65. The van der Waals surface area contributed by atoms with E-state index in [0.29, 0.717) is 13.2 Å². The van der Waals surface area contributed by atoms with Gasteiger partial charge < -0.3 is 14.4 Å². The minimum absolute atomic E-state index is 0.0646. The average molecular weight is 292 g/mol. The quantitative estimate of drug-likeness (QED) is 0.780. The third-order valence-corrected chi connectivity index (χ3v) is 3.84. The molecule has 1 aromatic rings. The fourth-order valence-corrected chi connectivity index (χ4v) is 2.65. The van der Waals surface area contributed by atoms with Gasteiger partial charge in [-0.2, -0.15) is 0 Å². The molecule has 1 fully saturated rings. The van der Waals surface area contributed by atoms with Gasteiger partial charge in [-0.1, -0.05) is 19.1 Å². The Balaban J connectivity index is 2.14. The van der Waals surface area contributed by atoms with Gasteiger partial charge in [-0.25, -0.2) is 0 Å². The van der Waals surface area contributed by atoms with Crippen molar-refractivity contribution >= 4 is 5.91 Å². The minimum atomic E-state index is -0.0975. The largest absolute Gasteiger partial charge is 0.497 e. The average Bonchev–Trinajstić information content (AvgIpc) is 2.84. The molecule has 0 spiro atoms. The summed E-state index contributed by atoms with van der Waals surface area (Å²) in [5.74, 6) is 0.996. The Labute approximate surface area is 126 Å². The summed E-state index contributed by atoms with van der Waals surface area (Å²) < 4.78 is 10.3. The van der Waals surface area contributed by atoms with Gasteiger partial charge in [-0.3, -0.25) is 10.1 Å². The highest BCUT2D eigenvalue weighted by Gasteiger charge is 2.38. The number of nitrogens with one attached hydrogen (secondary N) is 1. The van der Waals surface area contributed by atoms with Crippen LogP contribution in [0.25, 0.3) is 0 Å². The Morgan fingerprint density at radius 1 is 1.24 bits per heavy atom. The number of carbonyl (C=O) groups excluding carboxylic acids is 1. The van der Waals surface area contributed by atoms with E-state index in [4.69, 9.17) is 9.47 Å². The normalized spacial score (nSPS) is 21.9. The summed E-state index contributed by atoms with van der Waals surface area (Å²) in [6, 6.07) is 7.76. The predicted molar refractivity (Wildman–Crippen MR) is 81.2 cm³/mol. The zero-order valence-corrected chi connectivity index (χ0v) is 13.0. The van der Waals surface area contributed by atoms with Crippen molar-refractivity contribution in [2.75, 3.05) is 27.4 Å². The lowest BCUT2D eigenvalue weighted by molar-refractivity contribution is -0.130. The number of methoxy groups -OCH3 is 2. The first-order valence-corrected chi connectivity index (χ1v) is 7.40. The zero-order chi connectivity index (χ0) is 15.2. The number of hydrogen-bond acceptors (Lipinski definition) is 4. The predicted octanol–water partition coefficient (Wildman–Crippen LogP) is 1.94. The summed E-state index contributed by atoms with van der Waals surface area (Å²) in [6.07, 6.45) is 1.57. The van der Waals surface area contributed by atoms with Crippen LogP contribution in [0.4, 0.5) is 0 Å². The third-order valence-electron chi connectivity index (χ3n) is 3.84. The molecule has 2 unspecified atom stereocenters. The van der Waals surface area contributed by atoms with Gasteiger partial charge in [0.2, 0.25) is 5.91 Å². The molecule has 0 bridgehead atoms. The van der Waals surface area contributed by atoms with Crippen LogP contribution in [0.2, 0.25) is 0 Å². The van der Waals surface area contributed by atoms with Gasteiger partial charge in [-0.15, -0.1) is 0 Å². The first-order valence-electron chi connectivity index (χ1n) is 7.40. The highest BCUT2D eigenvalue weighted by Crippen LogP contribution is 2.27. The van der Waals surface area contributed by atoms with Crippen LogP contribution >= 0.6 is 0 Å². The van der Waals surface area contributed by atoms with E-state index in [9.17, 15) is 4.79 Å². The first kappa shape index (κ1) is 15.8. The molecule has 5 heteroatoms. The topological polar surface area (TPSA) is 50.8 Å². The molecule has 2 rings (SSSR count). The minimum Gasteiger partial charge on any atom is -0.497 e. The SMILES string of the molecule is CCC1NC(c2ccc(OC)cc2)N(CCCOC)C1=O. The molecule has 1 amide bonds. The van der Waals surface area contributed by atoms with Crippen LogP contribution in [0.5, 0.6) is 5.75 Å². The molecule has 1 heterocycles. The number of nitrogens with zero attached hydrogens (tertiary/aromatic N) is 1. The molecule has 0 radical (unpaired) electrons. The molecule has 116 valence electrons. The molecule has 1 saturated heterocycles. The lowest BCUT2D eigenvalue weighted by Gasteiger charge is -2.24. The second-order valence-electron chi connectivity index (χ2n) is 5.18. The number of benzene rings is 1. The van der Waals surface area contributed by atoms with Crippen molar-refractivity contribution < 1.29 is 14.3 Å². The standard InChI is InChI=1S/C16H24N2O3/c1-4-14-16(19)18(10-5-11-20-2)15(17-14)12-6-8-13(21-3)9-7-12/h6-9,14-15,17H,4-5,10-11H2,1-3H3. The van der Waals surface area contributed by atoms with Crippen molar-refractivity contribution in [1.82, 2.24) is 10.2 Å². The maximum absolute atomic E-state index is 12.4. The molecule has 21 heavy (non-hydrogen) atoms. The number of ether oxygens (including phenoxy) is 2. The summed E-state index contributed by atoms with van der Waals surface area (Å²) in [5.41, 5.74) is 1.08. The van der Waals surface area contributed by atoms with Gasteiger partial charge in [0.15, 0.2) is 0 Å². The molecular formula is C16H24N2O3. The Bertz CT molecular complexity index is 461. The van der Waals surface area contributed by atoms with Crippen LogP contribution in [0.3, 0.4) is 0 Å². The van der Waals surface area contributed by atoms with Crippen LogP contribution in [-0.4, -0.2) is 44.2 Å². The molecule has 0 saturated carbocycles. The molecule has 1 aliphatic rings. The zero-order valence-electron chi connectivity index (χ0n) is 13.0. The van der Waals surface area contributed by atoms with E-state index < -0.39 is 0 Å². The molecular weight excluding hydrogens is 268 g/mol. The lowest BCUT2D eigenvalue weighted by atomic mass is 10.1. The highest BCUT2D eigenvalue weighted by atomic mass is 16.5. The van der Waals surface area contributed by atoms with Crippen molar-refractivity contribution in [2.24, 2.45) is 0 Å². The van der Waals surface area contributed by atoms with Crippen molar-refractivity contribution in [2.45, 2.75) is 32.0 Å². The van der Waals surface area contributed by atoms with Crippen LogP contribution in [0.1, 0.15) is 31.5 Å². The van der Waals surface area contributed by atoms with Gasteiger partial charge in [0.05, 0.1) is 13.2 Å². The van der Waals surface area contributed by atoms with E-state index in [1.165, 1.54) is 0 Å². The molecule has 0 aliphatic carbocycles. The molecule has 5 nitrogen and oxygen atoms in total. The number of rotatable bonds is 7. The fraction of sp³-hybridized carbons (Fsp3) is 0.562. The Kier molecular flexibility index (Phi) is 5.59. The van der Waals surface area contributed by atoms with Gasteiger partial charge in [0.1, 0.15) is 11.9 Å². The van der Waals surface area contributed by atoms with Crippen LogP contribution < -0.4 is 10.1 Å². The second-order valence-corrected chi connectivity index (χ2v) is 5.18. The van der Waals surface area contributed by atoms with E-state index in [1.54, 1.807) is 14.2 Å². The monoisotopic (exact) mass is 292 g/mol. The maximum atomic E-state index is 12.4. The smallest absolute Gasteiger partial charge is 0.241 e. The number of carbonyl (C=O) groups is 1. The van der Waals surface area contributed by atoms with Crippen molar-refractivity contribution in [3.05, 3.63) is 29.8 Å². The van der Waals surface area contributed by atoms with Crippen LogP contribution in [-0.2, 0) is 9.53 Å². The molecule has 1 aliphatic heterocycles. The molecule has 2 atom stereocenters. The lowest BCUT2D eigenvalue weighted by Crippen LogP contribution is -2.32. The molecule has 0 aromatic heterocycles. The summed E-state index contributed by atoms with van der Waals surface area (Å²) in [7, 11) is 3.33. The summed E-state index contributed by atoms with van der Waals surface area (Å²) in [5, 5.41) is 3.42. The van der Waals surface area contributed by atoms with Crippen molar-refractivity contribution in [3.63, 3.8) is 0 Å². The van der Waals surface area contributed by atoms with Gasteiger partial charge in [0, 0.05) is 20.3 Å². The summed E-state index contributed by atoms with van der Waals surface area (Å²) in [6.45, 7) is 3.39. The van der Waals surface area contributed by atoms with Crippen LogP contribution in [0.15, 0.2) is 24.3 Å². The Morgan fingerprint density at radius 2 is 1.95 bits per heavy atom. The van der Waals surface area contributed by atoms with E-state index in [-0.39, 0.29) is 18.1 Å². The number of hydrogen-bond donors (Lipinski definition) is 1. The van der Waals surface area contributed by atoms with Crippen molar-refractivity contribution in [3.8, 4) is 5.75 Å². The Hall–Kier alpha value is -1.59. The van der Waals surface area contributed by atoms with Crippen LogP contribution in [0, 0.1) is 0 Å². The van der Waals surface area contributed by atoms with Gasteiger partial charge in [0.25, 0.3) is 0 Å². The van der Waals surface area contributed by atoms with E-state index in [0.717, 1.165) is 24.2 Å². The van der Waals surface area contributed by atoms with Crippen molar-refractivity contribution in [1.29, 1.82) is 0 Å². The van der Waals surface area contributed by atoms with Gasteiger partial charge in [-0.05, 0) is 30.5 Å². The summed E-state index contributed by atoms with van der Waals surface area (Å²) in [4.78, 5) is 14.3. The maximum Gasteiger partial charge on any atom is 0.241 e. The number of amides is 1. The van der Waals surface area contributed by atoms with E-state index in [2.05, 4.69) is 5.32 Å². The van der Waals surface area contributed by atoms with E-state index >= 15 is 0 Å². The van der Waals surface area contributed by atoms with E-state index in [1.807, 2.05) is 36.1 Å². The first-order chi connectivity index (χ1) is 10.2. The molecule has 1 N–H and O–H groups in total. The second kappa shape index (κ2) is 7.43. The summed E-state index contributed by atoms with van der Waals surface area (Å²) >= 11 is 0. The molecule has 1 aromatic carbocycles. The Morgan fingerprint density at radius 3 is 2.52 bits per heavy atom. The third kappa shape index (κ3) is 3.54.